The lowest BCUT2D eigenvalue weighted by Gasteiger charge is -2.15. The fourth-order valence-electron chi connectivity index (χ4n) is 2.78. The monoisotopic (exact) mass is 292 g/mol. The van der Waals surface area contributed by atoms with Gasteiger partial charge in [0.1, 0.15) is 0 Å². The van der Waals surface area contributed by atoms with Crippen LogP contribution in [0.1, 0.15) is 24.8 Å². The molecule has 1 aliphatic carbocycles. The van der Waals surface area contributed by atoms with Gasteiger partial charge in [0.15, 0.2) is 0 Å². The van der Waals surface area contributed by atoms with E-state index in [9.17, 15) is 0 Å². The van der Waals surface area contributed by atoms with Gasteiger partial charge in [-0.2, -0.15) is 0 Å². The van der Waals surface area contributed by atoms with E-state index in [0.29, 0.717) is 5.41 Å². The Balaban J connectivity index is 1.58. The van der Waals surface area contributed by atoms with Crippen molar-refractivity contribution in [2.45, 2.75) is 25.8 Å². The lowest BCUT2D eigenvalue weighted by molar-refractivity contribution is 0.171. The normalized spacial score (nSPS) is 16.7. The summed E-state index contributed by atoms with van der Waals surface area (Å²) in [7, 11) is 1.78. The summed E-state index contributed by atoms with van der Waals surface area (Å²) in [4.78, 5) is 3.28. The van der Waals surface area contributed by atoms with E-state index >= 15 is 0 Å². The molecule has 0 saturated heterocycles. The van der Waals surface area contributed by atoms with Gasteiger partial charge in [0, 0.05) is 48.9 Å². The largest absolute Gasteiger partial charge is 0.385 e. The van der Waals surface area contributed by atoms with Crippen LogP contribution in [0.2, 0.25) is 5.02 Å². The van der Waals surface area contributed by atoms with E-state index in [4.69, 9.17) is 16.3 Å². The van der Waals surface area contributed by atoms with Crippen molar-refractivity contribution < 1.29 is 4.74 Å². The molecule has 20 heavy (non-hydrogen) atoms. The fraction of sp³-hybridized carbons (Fsp3) is 0.500. The zero-order valence-electron chi connectivity index (χ0n) is 11.8. The molecule has 108 valence electrons. The highest BCUT2D eigenvalue weighted by Gasteiger charge is 2.41. The number of ether oxygens (including phenoxy) is 1. The standard InChI is InChI=1S/C16H21ClN2O/c1-20-7-6-16(4-5-16)11-18-9-12-10-19-15-8-13(17)2-3-14(12)15/h2-3,8,10,18-19H,4-7,9,11H2,1H3. The molecule has 0 amide bonds. The second-order valence-electron chi connectivity index (χ2n) is 5.85. The number of hydrogen-bond donors (Lipinski definition) is 2. The van der Waals surface area contributed by atoms with Crippen molar-refractivity contribution in [3.8, 4) is 0 Å². The third kappa shape index (κ3) is 3.00. The van der Waals surface area contributed by atoms with Crippen LogP contribution in [-0.4, -0.2) is 25.2 Å². The summed E-state index contributed by atoms with van der Waals surface area (Å²) in [6.07, 6.45) is 5.89. The van der Waals surface area contributed by atoms with Gasteiger partial charge in [-0.3, -0.25) is 0 Å². The zero-order chi connectivity index (χ0) is 14.0. The van der Waals surface area contributed by atoms with Crippen LogP contribution in [0.15, 0.2) is 24.4 Å². The highest BCUT2D eigenvalue weighted by molar-refractivity contribution is 6.31. The van der Waals surface area contributed by atoms with Crippen LogP contribution in [0.5, 0.6) is 0 Å². The van der Waals surface area contributed by atoms with Crippen LogP contribution < -0.4 is 5.32 Å². The molecule has 1 aromatic carbocycles. The Morgan fingerprint density at radius 2 is 2.25 bits per heavy atom. The van der Waals surface area contributed by atoms with Gasteiger partial charge in [-0.15, -0.1) is 0 Å². The molecule has 0 unspecified atom stereocenters. The second-order valence-corrected chi connectivity index (χ2v) is 6.29. The zero-order valence-corrected chi connectivity index (χ0v) is 12.6. The molecule has 1 aromatic heterocycles. The summed E-state index contributed by atoms with van der Waals surface area (Å²) in [5.41, 5.74) is 2.90. The quantitative estimate of drug-likeness (QED) is 0.816. The first kappa shape index (κ1) is 13.9. The van der Waals surface area contributed by atoms with Gasteiger partial charge < -0.3 is 15.0 Å². The maximum absolute atomic E-state index is 6.00. The van der Waals surface area contributed by atoms with Gasteiger partial charge in [0.2, 0.25) is 0 Å². The molecule has 3 nitrogen and oxygen atoms in total. The molecule has 2 aromatic rings. The number of benzene rings is 1. The molecule has 1 aliphatic rings. The highest BCUT2D eigenvalue weighted by atomic mass is 35.5. The number of fused-ring (bicyclic) bond motifs is 1. The molecular formula is C16H21ClN2O. The highest BCUT2D eigenvalue weighted by Crippen LogP contribution is 2.48. The fourth-order valence-corrected chi connectivity index (χ4v) is 2.95. The first-order valence-electron chi connectivity index (χ1n) is 7.18. The van der Waals surface area contributed by atoms with E-state index in [-0.39, 0.29) is 0 Å². The Labute approximate surface area is 124 Å². The van der Waals surface area contributed by atoms with Crippen molar-refractivity contribution in [2.75, 3.05) is 20.3 Å². The topological polar surface area (TPSA) is 37.0 Å². The Morgan fingerprint density at radius 3 is 3.00 bits per heavy atom. The molecule has 0 aliphatic heterocycles. The van der Waals surface area contributed by atoms with E-state index in [1.54, 1.807) is 7.11 Å². The van der Waals surface area contributed by atoms with Crippen LogP contribution in [0.25, 0.3) is 10.9 Å². The number of methoxy groups -OCH3 is 1. The molecule has 1 heterocycles. The SMILES string of the molecule is COCCC1(CNCc2c[nH]c3cc(Cl)ccc23)CC1. The van der Waals surface area contributed by atoms with Crippen molar-refractivity contribution in [3.63, 3.8) is 0 Å². The van der Waals surface area contributed by atoms with Gasteiger partial charge in [0.05, 0.1) is 0 Å². The van der Waals surface area contributed by atoms with E-state index in [2.05, 4.69) is 22.6 Å². The van der Waals surface area contributed by atoms with Gasteiger partial charge in [-0.25, -0.2) is 0 Å². The predicted octanol–water partition coefficient (Wildman–Crippen LogP) is 3.73. The van der Waals surface area contributed by atoms with Gasteiger partial charge >= 0.3 is 0 Å². The lowest BCUT2D eigenvalue weighted by Crippen LogP contribution is -2.24. The van der Waals surface area contributed by atoms with Crippen LogP contribution in [0.3, 0.4) is 0 Å². The molecule has 2 N–H and O–H groups in total. The number of aromatic nitrogens is 1. The molecule has 0 atom stereocenters. The third-order valence-corrected chi connectivity index (χ3v) is 4.57. The van der Waals surface area contributed by atoms with Gasteiger partial charge in [0.25, 0.3) is 0 Å². The summed E-state index contributed by atoms with van der Waals surface area (Å²) in [5, 5.41) is 5.62. The van der Waals surface area contributed by atoms with Crippen molar-refractivity contribution in [1.82, 2.24) is 10.3 Å². The van der Waals surface area contributed by atoms with Crippen molar-refractivity contribution >= 4 is 22.5 Å². The van der Waals surface area contributed by atoms with Crippen LogP contribution in [-0.2, 0) is 11.3 Å². The predicted molar refractivity (Wildman–Crippen MR) is 83.2 cm³/mol. The first-order chi connectivity index (χ1) is 9.72. The van der Waals surface area contributed by atoms with Crippen molar-refractivity contribution in [2.24, 2.45) is 5.41 Å². The van der Waals surface area contributed by atoms with Gasteiger partial charge in [-0.05, 0) is 42.4 Å². The Morgan fingerprint density at radius 1 is 1.40 bits per heavy atom. The van der Waals surface area contributed by atoms with E-state index in [1.807, 2.05) is 12.1 Å². The van der Waals surface area contributed by atoms with E-state index < -0.39 is 0 Å². The van der Waals surface area contributed by atoms with Crippen molar-refractivity contribution in [1.29, 1.82) is 0 Å². The number of aromatic amines is 1. The molecule has 3 rings (SSSR count). The Hall–Kier alpha value is -1.03. The maximum atomic E-state index is 6.00. The third-order valence-electron chi connectivity index (χ3n) is 4.34. The average molecular weight is 293 g/mol. The minimum Gasteiger partial charge on any atom is -0.385 e. The summed E-state index contributed by atoms with van der Waals surface area (Å²) in [6.45, 7) is 2.85. The van der Waals surface area contributed by atoms with Crippen LogP contribution in [0, 0.1) is 5.41 Å². The molecule has 0 spiro atoms. The van der Waals surface area contributed by atoms with E-state index in [0.717, 1.165) is 30.2 Å². The molecule has 1 saturated carbocycles. The first-order valence-corrected chi connectivity index (χ1v) is 7.55. The Kier molecular flexibility index (Phi) is 4.01. The number of nitrogens with one attached hydrogen (secondary N) is 2. The minimum absolute atomic E-state index is 0.491. The number of rotatable bonds is 7. The minimum atomic E-state index is 0.491. The van der Waals surface area contributed by atoms with Crippen LogP contribution in [0.4, 0.5) is 0 Å². The summed E-state index contributed by atoms with van der Waals surface area (Å²) in [6, 6.07) is 6.01. The molecule has 0 bridgehead atoms. The molecule has 4 heteroatoms. The Bertz CT molecular complexity index is 589. The van der Waals surface area contributed by atoms with Crippen molar-refractivity contribution in [3.05, 3.63) is 35.0 Å². The molecule has 1 fully saturated rings. The number of H-pyrrole nitrogens is 1. The average Bonchev–Trinajstić information content (AvgIpc) is 3.11. The number of halogens is 1. The van der Waals surface area contributed by atoms with Gasteiger partial charge in [-0.1, -0.05) is 17.7 Å². The molecule has 0 radical (unpaired) electrons. The summed E-state index contributed by atoms with van der Waals surface area (Å²) >= 11 is 6.00. The maximum Gasteiger partial charge on any atom is 0.0472 e. The van der Waals surface area contributed by atoms with E-state index in [1.165, 1.54) is 30.2 Å². The summed E-state index contributed by atoms with van der Waals surface area (Å²) < 4.78 is 5.19. The van der Waals surface area contributed by atoms with Crippen LogP contribution >= 0.6 is 11.6 Å². The smallest absolute Gasteiger partial charge is 0.0472 e. The number of hydrogen-bond acceptors (Lipinski definition) is 2. The molecular weight excluding hydrogens is 272 g/mol. The lowest BCUT2D eigenvalue weighted by atomic mass is 10.0. The second kappa shape index (κ2) is 5.76. The summed E-state index contributed by atoms with van der Waals surface area (Å²) in [5.74, 6) is 0.